The van der Waals surface area contributed by atoms with Gasteiger partial charge in [-0.05, 0) is 29.6 Å². The number of nitrogens with zero attached hydrogens (tertiary/aromatic N) is 1. The molecule has 2 heterocycles. The lowest BCUT2D eigenvalue weighted by molar-refractivity contribution is 0.301. The molecule has 20 heavy (non-hydrogen) atoms. The molecular weight excluding hydrogens is 317 g/mol. The maximum absolute atomic E-state index is 6.03. The van der Waals surface area contributed by atoms with E-state index in [-0.39, 0.29) is 6.61 Å². The van der Waals surface area contributed by atoms with Crippen LogP contribution in [0.15, 0.2) is 46.4 Å². The molecule has 0 bridgehead atoms. The highest BCUT2D eigenvalue weighted by atomic mass is 35.5. The topological polar surface area (TPSA) is 35.3 Å². The monoisotopic (exact) mass is 325 g/mol. The van der Waals surface area contributed by atoms with Gasteiger partial charge in [0, 0.05) is 5.02 Å². The van der Waals surface area contributed by atoms with Gasteiger partial charge in [0.05, 0.1) is 9.90 Å². The Bertz CT molecular complexity index is 710. The zero-order chi connectivity index (χ0) is 13.9. The van der Waals surface area contributed by atoms with Gasteiger partial charge in [-0.3, -0.25) is 0 Å². The summed E-state index contributed by atoms with van der Waals surface area (Å²) in [6, 6.07) is 9.00. The van der Waals surface area contributed by atoms with E-state index in [0.29, 0.717) is 27.4 Å². The van der Waals surface area contributed by atoms with E-state index >= 15 is 0 Å². The van der Waals surface area contributed by atoms with Crippen LogP contribution in [0.2, 0.25) is 10.0 Å². The summed E-state index contributed by atoms with van der Waals surface area (Å²) < 4.78 is 11.0. The fraction of sp³-hybridized carbons (Fsp3) is 0.0714. The summed E-state index contributed by atoms with van der Waals surface area (Å²) in [4.78, 5) is 5.35. The third-order valence-electron chi connectivity index (χ3n) is 2.55. The number of benzene rings is 1. The first-order valence-corrected chi connectivity index (χ1v) is 7.42. The second kappa shape index (κ2) is 5.87. The Morgan fingerprint density at radius 2 is 2.15 bits per heavy atom. The van der Waals surface area contributed by atoms with Crippen LogP contribution in [-0.2, 0) is 6.61 Å². The Labute approximate surface area is 129 Å². The first-order valence-electron chi connectivity index (χ1n) is 5.78. The van der Waals surface area contributed by atoms with Crippen LogP contribution in [0.25, 0.3) is 10.8 Å². The van der Waals surface area contributed by atoms with E-state index in [1.807, 2.05) is 17.5 Å². The molecule has 0 saturated carbocycles. The fourth-order valence-electron chi connectivity index (χ4n) is 1.63. The maximum atomic E-state index is 6.03. The summed E-state index contributed by atoms with van der Waals surface area (Å²) in [5.41, 5.74) is 0.708. The molecule has 0 saturated heterocycles. The van der Waals surface area contributed by atoms with Crippen molar-refractivity contribution >= 4 is 34.5 Å². The molecule has 3 rings (SSSR count). The van der Waals surface area contributed by atoms with Gasteiger partial charge in [0.1, 0.15) is 24.3 Å². The molecule has 0 spiro atoms. The highest BCUT2D eigenvalue weighted by Gasteiger charge is 2.09. The van der Waals surface area contributed by atoms with Crippen LogP contribution in [0.3, 0.4) is 0 Å². The van der Waals surface area contributed by atoms with Crippen molar-refractivity contribution in [2.24, 2.45) is 0 Å². The fourth-order valence-corrected chi connectivity index (χ4v) is 2.75. The number of thiophene rings is 1. The molecule has 0 aliphatic heterocycles. The molecule has 0 amide bonds. The average molecular weight is 326 g/mol. The number of aromatic nitrogens is 1. The number of rotatable bonds is 4. The highest BCUT2D eigenvalue weighted by Crippen LogP contribution is 2.28. The van der Waals surface area contributed by atoms with E-state index in [1.165, 1.54) is 0 Å². The second-order valence-electron chi connectivity index (χ2n) is 3.98. The molecule has 3 nitrogen and oxygen atoms in total. The SMILES string of the molecule is Clc1ccc(OCc2coc(-c3cccs3)n2)c(Cl)c1. The molecule has 3 aromatic rings. The molecule has 0 aliphatic carbocycles. The summed E-state index contributed by atoms with van der Waals surface area (Å²) in [5.74, 6) is 1.16. The molecule has 0 aliphatic rings. The van der Waals surface area contributed by atoms with Crippen molar-refractivity contribution in [3.63, 3.8) is 0 Å². The van der Waals surface area contributed by atoms with Crippen LogP contribution in [0.5, 0.6) is 5.75 Å². The minimum absolute atomic E-state index is 0.288. The Morgan fingerprint density at radius 3 is 2.90 bits per heavy atom. The molecule has 0 N–H and O–H groups in total. The zero-order valence-electron chi connectivity index (χ0n) is 10.2. The molecule has 1 aromatic carbocycles. The van der Waals surface area contributed by atoms with Crippen molar-refractivity contribution in [1.82, 2.24) is 4.98 Å². The first-order chi connectivity index (χ1) is 9.72. The van der Waals surface area contributed by atoms with Crippen molar-refractivity contribution < 1.29 is 9.15 Å². The van der Waals surface area contributed by atoms with Gasteiger partial charge in [0.15, 0.2) is 0 Å². The standard InChI is InChI=1S/C14H9Cl2NO2S/c15-9-3-4-12(11(16)6-9)18-7-10-8-19-14(17-10)13-2-1-5-20-13/h1-6,8H,7H2. The molecule has 102 valence electrons. The third-order valence-corrected chi connectivity index (χ3v) is 3.94. The van der Waals surface area contributed by atoms with Crippen molar-refractivity contribution in [2.75, 3.05) is 0 Å². The van der Waals surface area contributed by atoms with E-state index in [2.05, 4.69) is 4.98 Å². The van der Waals surface area contributed by atoms with Gasteiger partial charge in [0.25, 0.3) is 0 Å². The van der Waals surface area contributed by atoms with Crippen molar-refractivity contribution in [2.45, 2.75) is 6.61 Å². The van der Waals surface area contributed by atoms with Crippen LogP contribution in [0.4, 0.5) is 0 Å². The minimum atomic E-state index is 0.288. The minimum Gasteiger partial charge on any atom is -0.486 e. The maximum Gasteiger partial charge on any atom is 0.236 e. The van der Waals surface area contributed by atoms with Crippen LogP contribution < -0.4 is 4.74 Å². The summed E-state index contributed by atoms with van der Waals surface area (Å²) in [5, 5.41) is 3.02. The van der Waals surface area contributed by atoms with Crippen molar-refractivity contribution in [3.05, 3.63) is 57.7 Å². The average Bonchev–Trinajstić information content (AvgIpc) is 3.08. The van der Waals surface area contributed by atoms with Gasteiger partial charge < -0.3 is 9.15 Å². The third kappa shape index (κ3) is 2.98. The van der Waals surface area contributed by atoms with E-state index in [9.17, 15) is 0 Å². The van der Waals surface area contributed by atoms with Gasteiger partial charge in [-0.25, -0.2) is 4.98 Å². The number of ether oxygens (including phenoxy) is 1. The molecule has 2 aromatic heterocycles. The molecular formula is C14H9Cl2NO2S. The molecule has 0 atom stereocenters. The van der Waals surface area contributed by atoms with Crippen LogP contribution in [-0.4, -0.2) is 4.98 Å². The predicted molar refractivity (Wildman–Crippen MR) is 80.6 cm³/mol. The van der Waals surface area contributed by atoms with Gasteiger partial charge in [-0.2, -0.15) is 0 Å². The quantitative estimate of drug-likeness (QED) is 0.653. The van der Waals surface area contributed by atoms with Gasteiger partial charge >= 0.3 is 0 Å². The van der Waals surface area contributed by atoms with E-state index in [4.69, 9.17) is 32.4 Å². The van der Waals surface area contributed by atoms with E-state index < -0.39 is 0 Å². The summed E-state index contributed by atoms with van der Waals surface area (Å²) in [6.45, 7) is 0.288. The first kappa shape index (κ1) is 13.5. The number of hydrogen-bond acceptors (Lipinski definition) is 4. The van der Waals surface area contributed by atoms with Crippen LogP contribution in [0, 0.1) is 0 Å². The smallest absolute Gasteiger partial charge is 0.236 e. The van der Waals surface area contributed by atoms with Gasteiger partial charge in [-0.1, -0.05) is 29.3 Å². The van der Waals surface area contributed by atoms with E-state index in [1.54, 1.807) is 35.8 Å². The van der Waals surface area contributed by atoms with Crippen LogP contribution in [0.1, 0.15) is 5.69 Å². The normalized spacial score (nSPS) is 10.7. The Hall–Kier alpha value is -1.49. The van der Waals surface area contributed by atoms with Gasteiger partial charge in [0.2, 0.25) is 5.89 Å². The Morgan fingerprint density at radius 1 is 1.25 bits per heavy atom. The lowest BCUT2D eigenvalue weighted by Gasteiger charge is -2.05. The predicted octanol–water partition coefficient (Wildman–Crippen LogP) is 5.29. The van der Waals surface area contributed by atoms with Crippen LogP contribution >= 0.6 is 34.5 Å². The lowest BCUT2D eigenvalue weighted by Crippen LogP contribution is -1.96. The molecule has 6 heteroatoms. The number of oxazole rings is 1. The molecule has 0 radical (unpaired) electrons. The van der Waals surface area contributed by atoms with Crippen molar-refractivity contribution in [3.8, 4) is 16.5 Å². The summed E-state index contributed by atoms with van der Waals surface area (Å²) in [7, 11) is 0. The highest BCUT2D eigenvalue weighted by molar-refractivity contribution is 7.13. The van der Waals surface area contributed by atoms with E-state index in [0.717, 1.165) is 4.88 Å². The Kier molecular flexibility index (Phi) is 3.96. The second-order valence-corrected chi connectivity index (χ2v) is 5.78. The summed E-state index contributed by atoms with van der Waals surface area (Å²) in [6.07, 6.45) is 1.58. The molecule has 0 unspecified atom stereocenters. The lowest BCUT2D eigenvalue weighted by atomic mass is 10.3. The zero-order valence-corrected chi connectivity index (χ0v) is 12.5. The largest absolute Gasteiger partial charge is 0.486 e. The molecule has 0 fully saturated rings. The number of hydrogen-bond donors (Lipinski definition) is 0. The Balaban J connectivity index is 1.70. The van der Waals surface area contributed by atoms with Crippen molar-refractivity contribution in [1.29, 1.82) is 0 Å². The number of halogens is 2. The summed E-state index contributed by atoms with van der Waals surface area (Å²) >= 11 is 13.4. The van der Waals surface area contributed by atoms with Gasteiger partial charge in [-0.15, -0.1) is 11.3 Å².